The van der Waals surface area contributed by atoms with Gasteiger partial charge in [-0.2, -0.15) is 0 Å². The molecule has 2 atom stereocenters. The summed E-state index contributed by atoms with van der Waals surface area (Å²) in [6.45, 7) is 2.44. The highest BCUT2D eigenvalue weighted by Crippen LogP contribution is 2.24. The topological polar surface area (TPSA) is 75.4 Å². The second-order valence-electron chi connectivity index (χ2n) is 5.39. The Morgan fingerprint density at radius 2 is 2.27 bits per heavy atom. The van der Waals surface area contributed by atoms with Crippen LogP contribution < -0.4 is 16.0 Å². The van der Waals surface area contributed by atoms with E-state index in [1.165, 1.54) is 0 Å². The van der Waals surface area contributed by atoms with E-state index in [-0.39, 0.29) is 30.3 Å². The van der Waals surface area contributed by atoms with Crippen molar-refractivity contribution in [1.82, 2.24) is 5.32 Å². The molecule has 1 saturated heterocycles. The van der Waals surface area contributed by atoms with Crippen molar-refractivity contribution in [1.29, 1.82) is 0 Å². The summed E-state index contributed by atoms with van der Waals surface area (Å²) in [6, 6.07) is 6.69. The lowest BCUT2D eigenvalue weighted by Crippen LogP contribution is -2.41. The molecule has 122 valence electrons. The molecule has 0 aromatic heterocycles. The van der Waals surface area contributed by atoms with E-state index in [0.29, 0.717) is 30.8 Å². The van der Waals surface area contributed by atoms with Crippen molar-refractivity contribution in [2.75, 3.05) is 11.4 Å². The zero-order valence-electron chi connectivity index (χ0n) is 12.4. The third-order valence-electron chi connectivity index (χ3n) is 3.49. The van der Waals surface area contributed by atoms with E-state index in [0.717, 1.165) is 5.69 Å². The van der Waals surface area contributed by atoms with Gasteiger partial charge in [0.1, 0.15) is 6.04 Å². The summed E-state index contributed by atoms with van der Waals surface area (Å²) >= 11 is 5.94. The fourth-order valence-electron chi connectivity index (χ4n) is 2.34. The van der Waals surface area contributed by atoms with E-state index in [1.54, 1.807) is 23.1 Å². The number of anilines is 1. The number of benzene rings is 1. The number of nitrogens with two attached hydrogens (primary N) is 1. The predicted octanol–water partition coefficient (Wildman–Crippen LogP) is 2.11. The molecule has 22 heavy (non-hydrogen) atoms. The Labute approximate surface area is 141 Å². The quantitative estimate of drug-likeness (QED) is 0.857. The van der Waals surface area contributed by atoms with Crippen LogP contribution in [-0.2, 0) is 9.59 Å². The summed E-state index contributed by atoms with van der Waals surface area (Å²) in [4.78, 5) is 25.8. The first-order chi connectivity index (χ1) is 9.97. The van der Waals surface area contributed by atoms with Crippen molar-refractivity contribution in [2.24, 2.45) is 5.73 Å². The number of carbonyl (C=O) groups excluding carboxylic acids is 2. The summed E-state index contributed by atoms with van der Waals surface area (Å²) in [5, 5.41) is 3.37. The van der Waals surface area contributed by atoms with Gasteiger partial charge in [-0.3, -0.25) is 9.59 Å². The molecule has 1 fully saturated rings. The van der Waals surface area contributed by atoms with Crippen molar-refractivity contribution in [2.45, 2.75) is 38.3 Å². The van der Waals surface area contributed by atoms with Crippen LogP contribution >= 0.6 is 24.0 Å². The molecule has 5 nitrogen and oxygen atoms in total. The zero-order chi connectivity index (χ0) is 15.4. The summed E-state index contributed by atoms with van der Waals surface area (Å²) in [6.07, 6.45) is 1.57. The lowest BCUT2D eigenvalue weighted by Gasteiger charge is -2.17. The van der Waals surface area contributed by atoms with Gasteiger partial charge in [0.15, 0.2) is 0 Å². The molecule has 0 radical (unpaired) electrons. The Morgan fingerprint density at radius 3 is 2.91 bits per heavy atom. The number of hydrogen-bond acceptors (Lipinski definition) is 3. The summed E-state index contributed by atoms with van der Waals surface area (Å²) in [7, 11) is 0. The Morgan fingerprint density at radius 1 is 1.55 bits per heavy atom. The molecule has 0 spiro atoms. The first-order valence-electron chi connectivity index (χ1n) is 7.09. The van der Waals surface area contributed by atoms with Crippen LogP contribution in [0.25, 0.3) is 0 Å². The summed E-state index contributed by atoms with van der Waals surface area (Å²) in [5.74, 6) is -0.218. The van der Waals surface area contributed by atoms with Crippen molar-refractivity contribution < 1.29 is 9.59 Å². The smallest absolute Gasteiger partial charge is 0.249 e. The van der Waals surface area contributed by atoms with Crippen LogP contribution in [0.3, 0.4) is 0 Å². The van der Waals surface area contributed by atoms with Gasteiger partial charge in [-0.1, -0.05) is 17.7 Å². The Balaban J connectivity index is 0.00000242. The second kappa shape index (κ2) is 8.36. The highest BCUT2D eigenvalue weighted by Gasteiger charge is 2.33. The van der Waals surface area contributed by atoms with Gasteiger partial charge >= 0.3 is 0 Å². The largest absolute Gasteiger partial charge is 0.344 e. The Hall–Kier alpha value is -1.30. The zero-order valence-corrected chi connectivity index (χ0v) is 14.0. The Kier molecular flexibility index (Phi) is 7.13. The van der Waals surface area contributed by atoms with E-state index < -0.39 is 6.04 Å². The van der Waals surface area contributed by atoms with Gasteiger partial charge in [-0.15, -0.1) is 12.4 Å². The number of hydrogen-bond donors (Lipinski definition) is 2. The molecular formula is C15H21Cl2N3O2. The van der Waals surface area contributed by atoms with Gasteiger partial charge in [0.2, 0.25) is 11.8 Å². The fourth-order valence-corrected chi connectivity index (χ4v) is 2.52. The molecule has 1 aliphatic rings. The minimum absolute atomic E-state index is 0. The number of carbonyl (C=O) groups is 2. The molecule has 2 rings (SSSR count). The van der Waals surface area contributed by atoms with Gasteiger partial charge in [0, 0.05) is 29.7 Å². The third-order valence-corrected chi connectivity index (χ3v) is 3.72. The van der Waals surface area contributed by atoms with E-state index in [1.807, 2.05) is 13.0 Å². The minimum atomic E-state index is -0.454. The average Bonchev–Trinajstić information content (AvgIpc) is 2.78. The van der Waals surface area contributed by atoms with Crippen LogP contribution in [0.15, 0.2) is 24.3 Å². The number of nitrogens with zero attached hydrogens (tertiary/aromatic N) is 1. The lowest BCUT2D eigenvalue weighted by molar-refractivity contribution is -0.126. The highest BCUT2D eigenvalue weighted by atomic mass is 35.5. The molecule has 3 N–H and O–H groups in total. The molecule has 0 aliphatic carbocycles. The first-order valence-corrected chi connectivity index (χ1v) is 7.47. The molecule has 2 amide bonds. The molecule has 7 heteroatoms. The minimum Gasteiger partial charge on any atom is -0.344 e. The maximum Gasteiger partial charge on any atom is 0.249 e. The molecule has 0 bridgehead atoms. The summed E-state index contributed by atoms with van der Waals surface area (Å²) < 4.78 is 0. The van der Waals surface area contributed by atoms with Crippen LogP contribution in [0.2, 0.25) is 5.02 Å². The second-order valence-corrected chi connectivity index (χ2v) is 5.83. The van der Waals surface area contributed by atoms with Crippen molar-refractivity contribution >= 4 is 41.5 Å². The van der Waals surface area contributed by atoms with E-state index >= 15 is 0 Å². The molecule has 1 heterocycles. The van der Waals surface area contributed by atoms with Crippen molar-refractivity contribution in [3.8, 4) is 0 Å². The van der Waals surface area contributed by atoms with Gasteiger partial charge in [0.05, 0.1) is 0 Å². The SMILES string of the molecule is CC(N)CCC(=O)NC1CCN(c2cccc(Cl)c2)C1=O.Cl. The highest BCUT2D eigenvalue weighted by molar-refractivity contribution is 6.31. The van der Waals surface area contributed by atoms with E-state index in [4.69, 9.17) is 17.3 Å². The van der Waals surface area contributed by atoms with Gasteiger partial charge < -0.3 is 16.0 Å². The fraction of sp³-hybridized carbons (Fsp3) is 0.467. The predicted molar refractivity (Wildman–Crippen MR) is 90.5 cm³/mol. The Bertz CT molecular complexity index is 537. The third kappa shape index (κ3) is 4.87. The normalized spacial score (nSPS) is 18.8. The standard InChI is InChI=1S/C15H20ClN3O2.ClH/c1-10(17)5-6-14(20)18-13-7-8-19(15(13)21)12-4-2-3-11(16)9-12;/h2-4,9-10,13H,5-8,17H2,1H3,(H,18,20);1H. The van der Waals surface area contributed by atoms with Gasteiger partial charge in [-0.25, -0.2) is 0 Å². The molecule has 0 saturated carbocycles. The van der Waals surface area contributed by atoms with Crippen LogP contribution in [0, 0.1) is 0 Å². The lowest BCUT2D eigenvalue weighted by atomic mass is 10.1. The summed E-state index contributed by atoms with van der Waals surface area (Å²) in [5.41, 5.74) is 6.38. The maximum atomic E-state index is 12.3. The number of rotatable bonds is 5. The number of halogens is 2. The van der Waals surface area contributed by atoms with Crippen LogP contribution in [-0.4, -0.2) is 30.4 Å². The van der Waals surface area contributed by atoms with Crippen molar-refractivity contribution in [3.63, 3.8) is 0 Å². The molecular weight excluding hydrogens is 325 g/mol. The van der Waals surface area contributed by atoms with Crippen molar-refractivity contribution in [3.05, 3.63) is 29.3 Å². The average molecular weight is 346 g/mol. The van der Waals surface area contributed by atoms with Crippen LogP contribution in [0.1, 0.15) is 26.2 Å². The van der Waals surface area contributed by atoms with E-state index in [2.05, 4.69) is 5.32 Å². The van der Waals surface area contributed by atoms with Crippen LogP contribution in [0.4, 0.5) is 5.69 Å². The number of nitrogens with one attached hydrogen (secondary N) is 1. The van der Waals surface area contributed by atoms with E-state index in [9.17, 15) is 9.59 Å². The first kappa shape index (κ1) is 18.7. The number of amides is 2. The van der Waals surface area contributed by atoms with Gasteiger partial charge in [-0.05, 0) is 38.0 Å². The maximum absolute atomic E-state index is 12.3. The van der Waals surface area contributed by atoms with Crippen LogP contribution in [0.5, 0.6) is 0 Å². The molecule has 1 aromatic rings. The van der Waals surface area contributed by atoms with Gasteiger partial charge in [0.25, 0.3) is 0 Å². The molecule has 1 aliphatic heterocycles. The molecule has 2 unspecified atom stereocenters. The molecule has 1 aromatic carbocycles. The monoisotopic (exact) mass is 345 g/mol.